The van der Waals surface area contributed by atoms with Gasteiger partial charge < -0.3 is 4.90 Å². The molecule has 4 nitrogen and oxygen atoms in total. The molecule has 1 N–H and O–H groups in total. The smallest absolute Gasteiger partial charge is 0.309 e. The lowest BCUT2D eigenvalue weighted by atomic mass is 10.0. The summed E-state index contributed by atoms with van der Waals surface area (Å²) in [6.45, 7) is 6.40. The lowest BCUT2D eigenvalue weighted by molar-refractivity contribution is -0.124. The number of hydrogen-bond acceptors (Lipinski definition) is 3. The third-order valence-electron chi connectivity index (χ3n) is 2.60. The monoisotopic (exact) mass is 230 g/mol. The standard InChI is InChI=1S/C10H18N2O2S/c1-4-6-15-7-10(3)8(13)11-9(14)12(10)5-2/h4-7H2,1-3H3,(H,11,13,14)/t10-/m1/s1. The molecule has 1 atom stereocenters. The Morgan fingerprint density at radius 1 is 1.40 bits per heavy atom. The lowest BCUT2D eigenvalue weighted by Gasteiger charge is -2.30. The molecule has 0 spiro atoms. The second-order valence-corrected chi connectivity index (χ2v) is 4.94. The lowest BCUT2D eigenvalue weighted by Crippen LogP contribution is -2.49. The number of nitrogens with zero attached hydrogens (tertiary/aromatic N) is 1. The minimum atomic E-state index is -0.661. The topological polar surface area (TPSA) is 49.4 Å². The van der Waals surface area contributed by atoms with Gasteiger partial charge in [0.2, 0.25) is 0 Å². The van der Waals surface area contributed by atoms with Crippen LogP contribution in [0.15, 0.2) is 0 Å². The molecule has 15 heavy (non-hydrogen) atoms. The molecule has 1 heterocycles. The Labute approximate surface area is 94.8 Å². The molecule has 1 aliphatic rings. The zero-order valence-corrected chi connectivity index (χ0v) is 10.3. The van der Waals surface area contributed by atoms with Crippen molar-refractivity contribution in [3.05, 3.63) is 0 Å². The maximum Gasteiger partial charge on any atom is 0.325 e. The van der Waals surface area contributed by atoms with Gasteiger partial charge in [0.1, 0.15) is 5.54 Å². The summed E-state index contributed by atoms with van der Waals surface area (Å²) >= 11 is 1.72. The molecule has 0 bridgehead atoms. The fourth-order valence-corrected chi connectivity index (χ4v) is 2.81. The zero-order chi connectivity index (χ0) is 11.5. The van der Waals surface area contributed by atoms with Gasteiger partial charge in [-0.25, -0.2) is 4.79 Å². The van der Waals surface area contributed by atoms with Crippen molar-refractivity contribution in [2.75, 3.05) is 18.1 Å². The first-order valence-corrected chi connectivity index (χ1v) is 6.42. The number of amides is 3. The summed E-state index contributed by atoms with van der Waals surface area (Å²) in [5.41, 5.74) is -0.661. The molecule has 0 aromatic rings. The molecule has 1 aliphatic heterocycles. The fraction of sp³-hybridized carbons (Fsp3) is 0.800. The summed E-state index contributed by atoms with van der Waals surface area (Å²) in [5.74, 6) is 1.53. The molecule has 3 amide bonds. The van der Waals surface area contributed by atoms with Crippen LogP contribution in [-0.2, 0) is 4.79 Å². The SMILES string of the molecule is CCCSC[C@]1(C)C(=O)NC(=O)N1CC. The van der Waals surface area contributed by atoms with Crippen LogP contribution in [0.1, 0.15) is 27.2 Å². The number of rotatable bonds is 5. The van der Waals surface area contributed by atoms with Gasteiger partial charge in [0.15, 0.2) is 0 Å². The second kappa shape index (κ2) is 4.88. The largest absolute Gasteiger partial charge is 0.325 e. The van der Waals surface area contributed by atoms with Crippen LogP contribution in [0.4, 0.5) is 4.79 Å². The predicted octanol–water partition coefficient (Wildman–Crippen LogP) is 1.46. The number of likely N-dealkylation sites (N-methyl/N-ethyl adjacent to an activating group) is 1. The minimum absolute atomic E-state index is 0.169. The highest BCUT2D eigenvalue weighted by Crippen LogP contribution is 2.25. The average Bonchev–Trinajstić information content (AvgIpc) is 2.38. The van der Waals surface area contributed by atoms with Crippen LogP contribution in [0.3, 0.4) is 0 Å². The highest BCUT2D eigenvalue weighted by Gasteiger charge is 2.48. The Balaban J connectivity index is 2.70. The summed E-state index contributed by atoms with van der Waals surface area (Å²) in [6.07, 6.45) is 1.09. The number of carbonyl (C=O) groups excluding carboxylic acids is 2. The van der Waals surface area contributed by atoms with Crippen molar-refractivity contribution in [1.82, 2.24) is 10.2 Å². The molecule has 86 valence electrons. The fourth-order valence-electron chi connectivity index (χ4n) is 1.70. The molecule has 0 radical (unpaired) electrons. The van der Waals surface area contributed by atoms with Crippen molar-refractivity contribution in [3.8, 4) is 0 Å². The van der Waals surface area contributed by atoms with Gasteiger partial charge >= 0.3 is 6.03 Å². The maximum absolute atomic E-state index is 11.7. The van der Waals surface area contributed by atoms with E-state index >= 15 is 0 Å². The van der Waals surface area contributed by atoms with Crippen LogP contribution in [-0.4, -0.2) is 40.4 Å². The van der Waals surface area contributed by atoms with Gasteiger partial charge in [0.05, 0.1) is 0 Å². The van der Waals surface area contributed by atoms with E-state index in [2.05, 4.69) is 12.2 Å². The van der Waals surface area contributed by atoms with Gasteiger partial charge in [-0.2, -0.15) is 11.8 Å². The Hall–Kier alpha value is -0.710. The number of thioether (sulfide) groups is 1. The van der Waals surface area contributed by atoms with Crippen LogP contribution >= 0.6 is 11.8 Å². The number of imide groups is 1. The highest BCUT2D eigenvalue weighted by molar-refractivity contribution is 7.99. The molecule has 5 heteroatoms. The minimum Gasteiger partial charge on any atom is -0.309 e. The average molecular weight is 230 g/mol. The summed E-state index contributed by atoms with van der Waals surface area (Å²) in [5, 5.41) is 2.37. The predicted molar refractivity (Wildman–Crippen MR) is 61.9 cm³/mol. The summed E-state index contributed by atoms with van der Waals surface area (Å²) in [4.78, 5) is 24.7. The molecule has 0 aromatic heterocycles. The van der Waals surface area contributed by atoms with E-state index in [0.29, 0.717) is 12.3 Å². The number of carbonyl (C=O) groups is 2. The Bertz CT molecular complexity index is 270. The molecule has 0 aromatic carbocycles. The van der Waals surface area contributed by atoms with Crippen molar-refractivity contribution in [2.24, 2.45) is 0 Å². The zero-order valence-electron chi connectivity index (χ0n) is 9.50. The van der Waals surface area contributed by atoms with Gasteiger partial charge in [-0.3, -0.25) is 10.1 Å². The first-order valence-electron chi connectivity index (χ1n) is 5.27. The number of nitrogens with one attached hydrogen (secondary N) is 1. The van der Waals surface area contributed by atoms with Crippen LogP contribution in [0.5, 0.6) is 0 Å². The van der Waals surface area contributed by atoms with Crippen molar-refractivity contribution in [2.45, 2.75) is 32.7 Å². The van der Waals surface area contributed by atoms with Crippen LogP contribution in [0.25, 0.3) is 0 Å². The quantitative estimate of drug-likeness (QED) is 0.574. The van der Waals surface area contributed by atoms with Crippen LogP contribution < -0.4 is 5.32 Å². The van der Waals surface area contributed by atoms with Crippen molar-refractivity contribution < 1.29 is 9.59 Å². The van der Waals surface area contributed by atoms with Crippen molar-refractivity contribution in [3.63, 3.8) is 0 Å². The van der Waals surface area contributed by atoms with Gasteiger partial charge in [0.25, 0.3) is 5.91 Å². The maximum atomic E-state index is 11.7. The van der Waals surface area contributed by atoms with Gasteiger partial charge in [-0.05, 0) is 26.0 Å². The molecule has 0 saturated carbocycles. The number of hydrogen-bond donors (Lipinski definition) is 1. The van der Waals surface area contributed by atoms with E-state index < -0.39 is 5.54 Å². The van der Waals surface area contributed by atoms with Crippen molar-refractivity contribution in [1.29, 1.82) is 0 Å². The molecule has 1 fully saturated rings. The van der Waals surface area contributed by atoms with E-state index in [-0.39, 0.29) is 11.9 Å². The highest BCUT2D eigenvalue weighted by atomic mass is 32.2. The first kappa shape index (κ1) is 12.4. The third-order valence-corrected chi connectivity index (χ3v) is 4.06. The van der Waals surface area contributed by atoms with E-state index in [9.17, 15) is 9.59 Å². The molecular weight excluding hydrogens is 212 g/mol. The van der Waals surface area contributed by atoms with Crippen LogP contribution in [0.2, 0.25) is 0 Å². The number of urea groups is 1. The molecule has 1 saturated heterocycles. The normalized spacial score (nSPS) is 25.9. The molecule has 0 aliphatic carbocycles. The van der Waals surface area contributed by atoms with E-state index in [1.54, 1.807) is 16.7 Å². The Morgan fingerprint density at radius 3 is 2.60 bits per heavy atom. The van der Waals surface area contributed by atoms with E-state index in [4.69, 9.17) is 0 Å². The summed E-state index contributed by atoms with van der Waals surface area (Å²) in [7, 11) is 0. The third kappa shape index (κ3) is 2.27. The van der Waals surface area contributed by atoms with Gasteiger partial charge in [-0.15, -0.1) is 0 Å². The Morgan fingerprint density at radius 2 is 2.07 bits per heavy atom. The molecule has 0 unspecified atom stereocenters. The van der Waals surface area contributed by atoms with Crippen molar-refractivity contribution >= 4 is 23.7 Å². The van der Waals surface area contributed by atoms with E-state index in [1.807, 2.05) is 13.8 Å². The van der Waals surface area contributed by atoms with Crippen LogP contribution in [0, 0.1) is 0 Å². The van der Waals surface area contributed by atoms with Gasteiger partial charge in [-0.1, -0.05) is 6.92 Å². The van der Waals surface area contributed by atoms with E-state index in [0.717, 1.165) is 12.2 Å². The summed E-state index contributed by atoms with van der Waals surface area (Å²) < 4.78 is 0. The van der Waals surface area contributed by atoms with E-state index in [1.165, 1.54) is 0 Å². The molecular formula is C10H18N2O2S. The summed E-state index contributed by atoms with van der Waals surface area (Å²) in [6, 6.07) is -0.262. The molecule has 1 rings (SSSR count). The Kier molecular flexibility index (Phi) is 4.02. The first-order chi connectivity index (χ1) is 7.06. The van der Waals surface area contributed by atoms with Gasteiger partial charge in [0, 0.05) is 12.3 Å². The second-order valence-electron chi connectivity index (χ2n) is 3.83.